The first kappa shape index (κ1) is 14.8. The van der Waals surface area contributed by atoms with Gasteiger partial charge in [0.05, 0.1) is 0 Å². The molecule has 0 bridgehead atoms. The molecule has 0 unspecified atom stereocenters. The second-order valence-corrected chi connectivity index (χ2v) is 6.56. The summed E-state index contributed by atoms with van der Waals surface area (Å²) in [5.74, 6) is 0. The minimum absolute atomic E-state index is 0.790. The van der Waals surface area contributed by atoms with E-state index in [1.807, 2.05) is 25.2 Å². The Bertz CT molecular complexity index is 960. The normalized spacial score (nSPS) is 10.9. The maximum atomic E-state index is 4.34. The topological polar surface area (TPSA) is 41.9 Å². The summed E-state index contributed by atoms with van der Waals surface area (Å²) in [7, 11) is 2.05. The van der Waals surface area contributed by atoms with Crippen molar-refractivity contribution >= 4 is 27.2 Å². The summed E-state index contributed by atoms with van der Waals surface area (Å²) in [6.45, 7) is 0.790. The quantitative estimate of drug-likeness (QED) is 0.556. The molecule has 2 aromatic heterocycles. The highest BCUT2D eigenvalue weighted by Crippen LogP contribution is 2.28. The predicted molar refractivity (Wildman–Crippen MR) is 99.2 cm³/mol. The highest BCUT2D eigenvalue weighted by atomic mass is 32.1. The van der Waals surface area contributed by atoms with E-state index in [0.717, 1.165) is 22.4 Å². The van der Waals surface area contributed by atoms with Gasteiger partial charge in [-0.2, -0.15) is 0 Å². The molecule has 0 atom stereocenters. The lowest BCUT2D eigenvalue weighted by Crippen LogP contribution is -2.16. The number of fused-ring (bicyclic) bond motifs is 1. The lowest BCUT2D eigenvalue weighted by molar-refractivity contribution is 0.900. The number of nitrogens with zero attached hydrogens (tertiary/aromatic N) is 4. The molecule has 4 aromatic rings. The Labute approximate surface area is 144 Å². The van der Waals surface area contributed by atoms with Crippen LogP contribution in [0.15, 0.2) is 66.9 Å². The van der Waals surface area contributed by atoms with Crippen molar-refractivity contribution in [2.45, 2.75) is 6.54 Å². The molecule has 0 radical (unpaired) electrons. The molecule has 0 saturated heterocycles. The molecule has 4 rings (SSSR count). The third-order valence-corrected chi connectivity index (χ3v) is 4.97. The standard InChI is InChI=1S/C19H16N4S/c1-23(13-15-9-6-8-14-7-2-3-10-16(14)15)19-22-21-18(24-19)17-11-4-5-12-20-17/h2-12H,13H2,1H3. The number of pyridine rings is 1. The van der Waals surface area contributed by atoms with Crippen LogP contribution in [0.1, 0.15) is 5.56 Å². The molecule has 24 heavy (non-hydrogen) atoms. The van der Waals surface area contributed by atoms with Gasteiger partial charge in [0, 0.05) is 19.8 Å². The van der Waals surface area contributed by atoms with Crippen LogP contribution < -0.4 is 4.90 Å². The Morgan fingerprint density at radius 2 is 1.75 bits per heavy atom. The zero-order valence-electron chi connectivity index (χ0n) is 13.3. The smallest absolute Gasteiger partial charge is 0.208 e. The van der Waals surface area contributed by atoms with Gasteiger partial charge in [0.25, 0.3) is 0 Å². The van der Waals surface area contributed by atoms with Gasteiger partial charge in [0.1, 0.15) is 5.69 Å². The lowest BCUT2D eigenvalue weighted by atomic mass is 10.0. The van der Waals surface area contributed by atoms with Gasteiger partial charge < -0.3 is 4.90 Å². The Hall–Kier alpha value is -2.79. The van der Waals surface area contributed by atoms with Gasteiger partial charge in [0.2, 0.25) is 5.13 Å². The van der Waals surface area contributed by atoms with E-state index in [4.69, 9.17) is 0 Å². The Kier molecular flexibility index (Phi) is 3.92. The van der Waals surface area contributed by atoms with E-state index < -0.39 is 0 Å². The van der Waals surface area contributed by atoms with Crippen molar-refractivity contribution in [2.24, 2.45) is 0 Å². The fraction of sp³-hybridized carbons (Fsp3) is 0.105. The van der Waals surface area contributed by atoms with E-state index in [2.05, 4.69) is 62.5 Å². The van der Waals surface area contributed by atoms with Crippen molar-refractivity contribution in [3.8, 4) is 10.7 Å². The van der Waals surface area contributed by atoms with Crippen molar-refractivity contribution in [2.75, 3.05) is 11.9 Å². The van der Waals surface area contributed by atoms with Crippen LogP contribution in [0, 0.1) is 0 Å². The molecule has 0 spiro atoms. The van der Waals surface area contributed by atoms with E-state index >= 15 is 0 Å². The van der Waals surface area contributed by atoms with Crippen LogP contribution in [0.25, 0.3) is 21.5 Å². The molecule has 0 saturated carbocycles. The molecular weight excluding hydrogens is 316 g/mol. The zero-order valence-corrected chi connectivity index (χ0v) is 14.1. The fourth-order valence-corrected chi connectivity index (χ4v) is 3.50. The fourth-order valence-electron chi connectivity index (χ4n) is 2.72. The van der Waals surface area contributed by atoms with Gasteiger partial charge in [-0.1, -0.05) is 59.9 Å². The van der Waals surface area contributed by atoms with Crippen LogP contribution in [0.2, 0.25) is 0 Å². The Morgan fingerprint density at radius 1 is 0.917 bits per heavy atom. The van der Waals surface area contributed by atoms with Crippen LogP contribution in [-0.4, -0.2) is 22.2 Å². The monoisotopic (exact) mass is 332 g/mol. The molecule has 0 aliphatic heterocycles. The van der Waals surface area contributed by atoms with Crippen LogP contribution in [-0.2, 0) is 6.54 Å². The molecule has 0 fully saturated rings. The van der Waals surface area contributed by atoms with Gasteiger partial charge in [-0.15, -0.1) is 10.2 Å². The third kappa shape index (κ3) is 2.86. The van der Waals surface area contributed by atoms with Crippen molar-refractivity contribution in [3.05, 3.63) is 72.4 Å². The molecular formula is C19H16N4S. The Balaban J connectivity index is 1.60. The first-order chi connectivity index (χ1) is 11.8. The second-order valence-electron chi connectivity index (χ2n) is 5.60. The first-order valence-electron chi connectivity index (χ1n) is 7.74. The first-order valence-corrected chi connectivity index (χ1v) is 8.55. The molecule has 5 heteroatoms. The van der Waals surface area contributed by atoms with Crippen molar-refractivity contribution in [1.82, 2.24) is 15.2 Å². The summed E-state index contributed by atoms with van der Waals surface area (Å²) in [4.78, 5) is 6.47. The van der Waals surface area contributed by atoms with E-state index in [9.17, 15) is 0 Å². The maximum Gasteiger partial charge on any atom is 0.208 e. The van der Waals surface area contributed by atoms with Crippen molar-refractivity contribution in [3.63, 3.8) is 0 Å². The summed E-state index contributed by atoms with van der Waals surface area (Å²) in [6.07, 6.45) is 1.77. The number of rotatable bonds is 4. The molecule has 4 nitrogen and oxygen atoms in total. The van der Waals surface area contributed by atoms with Gasteiger partial charge in [-0.25, -0.2) is 0 Å². The average Bonchev–Trinajstić information content (AvgIpc) is 3.13. The van der Waals surface area contributed by atoms with E-state index in [-0.39, 0.29) is 0 Å². The summed E-state index contributed by atoms with van der Waals surface area (Å²) >= 11 is 1.56. The van der Waals surface area contributed by atoms with Gasteiger partial charge >= 0.3 is 0 Å². The summed E-state index contributed by atoms with van der Waals surface area (Å²) in [6, 6.07) is 20.7. The summed E-state index contributed by atoms with van der Waals surface area (Å²) < 4.78 is 0. The van der Waals surface area contributed by atoms with Crippen molar-refractivity contribution in [1.29, 1.82) is 0 Å². The minimum Gasteiger partial charge on any atom is -0.345 e. The largest absolute Gasteiger partial charge is 0.345 e. The Morgan fingerprint density at radius 3 is 2.62 bits per heavy atom. The maximum absolute atomic E-state index is 4.34. The van der Waals surface area contributed by atoms with E-state index in [1.165, 1.54) is 16.3 Å². The number of anilines is 1. The third-order valence-electron chi connectivity index (χ3n) is 3.91. The average molecular weight is 332 g/mol. The van der Waals surface area contributed by atoms with Gasteiger partial charge in [-0.05, 0) is 28.5 Å². The van der Waals surface area contributed by atoms with Gasteiger partial charge in [0.15, 0.2) is 5.01 Å². The minimum atomic E-state index is 0.790. The molecule has 0 aliphatic carbocycles. The molecule has 118 valence electrons. The molecule has 0 amide bonds. The lowest BCUT2D eigenvalue weighted by Gasteiger charge is -2.16. The van der Waals surface area contributed by atoms with Crippen molar-refractivity contribution < 1.29 is 0 Å². The molecule has 2 heterocycles. The van der Waals surface area contributed by atoms with E-state index in [1.54, 1.807) is 17.5 Å². The van der Waals surface area contributed by atoms with Crippen LogP contribution in [0.4, 0.5) is 5.13 Å². The molecule has 2 aromatic carbocycles. The highest BCUT2D eigenvalue weighted by Gasteiger charge is 2.12. The number of benzene rings is 2. The number of aromatic nitrogens is 3. The zero-order chi connectivity index (χ0) is 16.4. The molecule has 0 aliphatic rings. The summed E-state index contributed by atoms with van der Waals surface area (Å²) in [5, 5.41) is 12.9. The van der Waals surface area contributed by atoms with Crippen LogP contribution in [0.5, 0.6) is 0 Å². The van der Waals surface area contributed by atoms with Crippen LogP contribution >= 0.6 is 11.3 Å². The van der Waals surface area contributed by atoms with Crippen LogP contribution in [0.3, 0.4) is 0 Å². The molecule has 0 N–H and O–H groups in total. The highest BCUT2D eigenvalue weighted by molar-refractivity contribution is 7.18. The van der Waals surface area contributed by atoms with E-state index in [0.29, 0.717) is 0 Å². The summed E-state index contributed by atoms with van der Waals surface area (Å²) in [5.41, 5.74) is 2.14. The predicted octanol–water partition coefficient (Wildman–Crippen LogP) is 4.39. The SMILES string of the molecule is CN(Cc1cccc2ccccc12)c1nnc(-c2ccccn2)s1. The number of hydrogen-bond donors (Lipinski definition) is 0. The number of hydrogen-bond acceptors (Lipinski definition) is 5. The second kappa shape index (κ2) is 6.37. The van der Waals surface area contributed by atoms with Gasteiger partial charge in [-0.3, -0.25) is 4.98 Å².